The van der Waals surface area contributed by atoms with Crippen LogP contribution in [0.3, 0.4) is 0 Å². The van der Waals surface area contributed by atoms with Crippen LogP contribution in [0.4, 0.5) is 0 Å². The molecule has 0 aromatic heterocycles. The summed E-state index contributed by atoms with van der Waals surface area (Å²) in [5.41, 5.74) is 0. The van der Waals surface area contributed by atoms with Crippen molar-refractivity contribution in [3.05, 3.63) is 28.2 Å². The number of nitrogens with zero attached hydrogens (tertiary/aromatic N) is 1. The predicted molar refractivity (Wildman–Crippen MR) is 84.8 cm³/mol. The highest BCUT2D eigenvalue weighted by atomic mass is 35.5. The van der Waals surface area contributed by atoms with E-state index in [1.807, 2.05) is 4.90 Å². The highest BCUT2D eigenvalue weighted by Crippen LogP contribution is 2.32. The van der Waals surface area contributed by atoms with E-state index in [4.69, 9.17) is 37.4 Å². The van der Waals surface area contributed by atoms with Crippen molar-refractivity contribution >= 4 is 29.2 Å². The van der Waals surface area contributed by atoms with Crippen LogP contribution >= 0.6 is 23.2 Å². The molecule has 0 spiro atoms. The van der Waals surface area contributed by atoms with Crippen LogP contribution in [0.15, 0.2) is 18.2 Å². The fourth-order valence-corrected chi connectivity index (χ4v) is 2.72. The van der Waals surface area contributed by atoms with E-state index in [2.05, 4.69) is 0 Å². The summed E-state index contributed by atoms with van der Waals surface area (Å²) in [6, 6.07) is 5.20. The van der Waals surface area contributed by atoms with Crippen molar-refractivity contribution in [3.8, 4) is 5.75 Å². The number of morpholine rings is 1. The minimum atomic E-state index is -0.224. The van der Waals surface area contributed by atoms with E-state index in [1.165, 1.54) is 0 Å². The average Bonchev–Trinajstić information content (AvgIpc) is 2.47. The Morgan fingerprint density at radius 3 is 2.82 bits per heavy atom. The van der Waals surface area contributed by atoms with Crippen LogP contribution in [0.25, 0.3) is 0 Å². The van der Waals surface area contributed by atoms with Crippen molar-refractivity contribution in [1.29, 1.82) is 0 Å². The maximum atomic E-state index is 11.5. The zero-order chi connectivity index (χ0) is 15.9. The van der Waals surface area contributed by atoms with Crippen LogP contribution < -0.4 is 4.74 Å². The molecule has 22 heavy (non-hydrogen) atoms. The first-order chi connectivity index (χ1) is 10.6. The maximum absolute atomic E-state index is 11.5. The fraction of sp³-hybridized carbons (Fsp3) is 0.533. The lowest BCUT2D eigenvalue weighted by molar-refractivity contribution is -0.146. The van der Waals surface area contributed by atoms with Gasteiger partial charge in [0.2, 0.25) is 0 Å². The van der Waals surface area contributed by atoms with Crippen molar-refractivity contribution < 1.29 is 19.0 Å². The zero-order valence-corrected chi connectivity index (χ0v) is 13.9. The predicted octanol–water partition coefficient (Wildman–Crippen LogP) is 2.64. The number of esters is 1. The van der Waals surface area contributed by atoms with Gasteiger partial charge in [-0.05, 0) is 19.1 Å². The van der Waals surface area contributed by atoms with E-state index in [0.29, 0.717) is 48.7 Å². The third-order valence-electron chi connectivity index (χ3n) is 3.21. The molecule has 1 aliphatic heterocycles. The summed E-state index contributed by atoms with van der Waals surface area (Å²) in [4.78, 5) is 13.5. The Bertz CT molecular complexity index is 492. The van der Waals surface area contributed by atoms with Crippen molar-refractivity contribution in [2.45, 2.75) is 13.0 Å². The molecule has 0 N–H and O–H groups in total. The van der Waals surface area contributed by atoms with E-state index >= 15 is 0 Å². The quantitative estimate of drug-likeness (QED) is 0.740. The van der Waals surface area contributed by atoms with Crippen molar-refractivity contribution in [2.75, 3.05) is 39.5 Å². The minimum absolute atomic E-state index is 0.143. The lowest BCUT2D eigenvalue weighted by Crippen LogP contribution is -2.47. The number of rotatable bonds is 6. The number of hydrogen-bond donors (Lipinski definition) is 0. The number of carbonyl (C=O) groups is 1. The van der Waals surface area contributed by atoms with E-state index in [9.17, 15) is 4.79 Å². The van der Waals surface area contributed by atoms with Crippen LogP contribution in [0, 0.1) is 0 Å². The van der Waals surface area contributed by atoms with E-state index in [0.717, 1.165) is 0 Å². The van der Waals surface area contributed by atoms with E-state index < -0.39 is 0 Å². The van der Waals surface area contributed by atoms with Gasteiger partial charge in [-0.25, -0.2) is 0 Å². The lowest BCUT2D eigenvalue weighted by atomic mass is 10.3. The van der Waals surface area contributed by atoms with Gasteiger partial charge in [-0.2, -0.15) is 0 Å². The fourth-order valence-electron chi connectivity index (χ4n) is 2.21. The molecule has 1 aromatic carbocycles. The highest BCUT2D eigenvalue weighted by Gasteiger charge is 2.23. The van der Waals surface area contributed by atoms with Crippen LogP contribution in [0.5, 0.6) is 5.75 Å². The van der Waals surface area contributed by atoms with Crippen molar-refractivity contribution in [2.24, 2.45) is 0 Å². The Balaban J connectivity index is 1.84. The standard InChI is InChI=1S/C15H19Cl2NO4/c1-2-20-14(19)9-18-6-7-21-11(8-18)10-22-15-12(16)4-3-5-13(15)17/h3-5,11H,2,6-10H2,1H3/t11-/m1/s1. The second-order valence-corrected chi connectivity index (χ2v) is 5.71. The highest BCUT2D eigenvalue weighted by molar-refractivity contribution is 6.37. The zero-order valence-electron chi connectivity index (χ0n) is 12.4. The van der Waals surface area contributed by atoms with Gasteiger partial charge in [0, 0.05) is 13.1 Å². The molecule has 0 aliphatic carbocycles. The molecule has 1 saturated heterocycles. The van der Waals surface area contributed by atoms with Gasteiger partial charge >= 0.3 is 5.97 Å². The molecular weight excluding hydrogens is 329 g/mol. The summed E-state index contributed by atoms with van der Waals surface area (Å²) < 4.78 is 16.3. The summed E-state index contributed by atoms with van der Waals surface area (Å²) >= 11 is 12.1. The summed E-state index contributed by atoms with van der Waals surface area (Å²) in [6.07, 6.45) is -0.143. The van der Waals surface area contributed by atoms with Crippen molar-refractivity contribution in [1.82, 2.24) is 4.90 Å². The first kappa shape index (κ1) is 17.3. The smallest absolute Gasteiger partial charge is 0.320 e. The Kier molecular flexibility index (Phi) is 6.76. The molecule has 1 aromatic rings. The van der Waals surface area contributed by atoms with Gasteiger partial charge in [0.25, 0.3) is 0 Å². The Labute approximate surface area is 140 Å². The molecule has 0 saturated carbocycles. The topological polar surface area (TPSA) is 48.0 Å². The maximum Gasteiger partial charge on any atom is 0.320 e. The van der Waals surface area contributed by atoms with Crippen molar-refractivity contribution in [3.63, 3.8) is 0 Å². The number of para-hydroxylation sites is 1. The summed E-state index contributed by atoms with van der Waals surface area (Å²) in [6.45, 7) is 4.61. The molecule has 7 heteroatoms. The largest absolute Gasteiger partial charge is 0.488 e. The molecule has 0 unspecified atom stereocenters. The number of carbonyl (C=O) groups excluding carboxylic acids is 1. The van der Waals surface area contributed by atoms with Gasteiger partial charge in [0.15, 0.2) is 5.75 Å². The van der Waals surface area contributed by atoms with Crippen LogP contribution in [0.1, 0.15) is 6.92 Å². The number of ether oxygens (including phenoxy) is 3. The second kappa shape index (κ2) is 8.58. The lowest BCUT2D eigenvalue weighted by Gasteiger charge is -2.32. The van der Waals surface area contributed by atoms with Gasteiger partial charge in [-0.1, -0.05) is 29.3 Å². The minimum Gasteiger partial charge on any atom is -0.488 e. The van der Waals surface area contributed by atoms with Gasteiger partial charge in [-0.15, -0.1) is 0 Å². The normalized spacial score (nSPS) is 19.0. The van der Waals surface area contributed by atoms with Crippen LogP contribution in [0.2, 0.25) is 10.0 Å². The molecule has 1 aliphatic rings. The summed E-state index contributed by atoms with van der Waals surface area (Å²) in [7, 11) is 0. The molecular formula is C15H19Cl2NO4. The summed E-state index contributed by atoms with van der Waals surface area (Å²) in [5.74, 6) is 0.232. The average molecular weight is 348 g/mol. The molecule has 1 atom stereocenters. The molecule has 0 radical (unpaired) electrons. The molecule has 2 rings (SSSR count). The number of hydrogen-bond acceptors (Lipinski definition) is 5. The van der Waals surface area contributed by atoms with E-state index in [1.54, 1.807) is 25.1 Å². The molecule has 122 valence electrons. The molecule has 5 nitrogen and oxygen atoms in total. The molecule has 1 heterocycles. The molecule has 0 amide bonds. The monoisotopic (exact) mass is 347 g/mol. The van der Waals surface area contributed by atoms with Gasteiger partial charge in [0.1, 0.15) is 12.7 Å². The molecule has 1 fully saturated rings. The first-order valence-electron chi connectivity index (χ1n) is 7.16. The van der Waals surface area contributed by atoms with Crippen LogP contribution in [-0.2, 0) is 14.3 Å². The van der Waals surface area contributed by atoms with Crippen LogP contribution in [-0.4, -0.2) is 56.4 Å². The summed E-state index contributed by atoms with van der Waals surface area (Å²) in [5, 5.41) is 0.929. The Morgan fingerprint density at radius 1 is 1.41 bits per heavy atom. The second-order valence-electron chi connectivity index (χ2n) is 4.89. The first-order valence-corrected chi connectivity index (χ1v) is 7.92. The third kappa shape index (κ3) is 5.02. The Morgan fingerprint density at radius 2 is 2.14 bits per heavy atom. The third-order valence-corrected chi connectivity index (χ3v) is 3.81. The SMILES string of the molecule is CCOC(=O)CN1CCO[C@@H](COc2c(Cl)cccc2Cl)C1. The van der Waals surface area contributed by atoms with Gasteiger partial charge in [-0.3, -0.25) is 9.69 Å². The van der Waals surface area contributed by atoms with E-state index in [-0.39, 0.29) is 18.6 Å². The number of halogens is 2. The Hall–Kier alpha value is -1.01. The van der Waals surface area contributed by atoms with Gasteiger partial charge in [0.05, 0.1) is 29.8 Å². The molecule has 0 bridgehead atoms. The van der Waals surface area contributed by atoms with Gasteiger partial charge < -0.3 is 14.2 Å². The number of benzene rings is 1.